The lowest BCUT2D eigenvalue weighted by molar-refractivity contribution is -0.159. The number of carbonyl (C=O) groups excluding carboxylic acids is 1. The van der Waals surface area contributed by atoms with Crippen molar-refractivity contribution in [3.8, 4) is 0 Å². The molecule has 1 atom stereocenters. The van der Waals surface area contributed by atoms with Gasteiger partial charge in [-0.3, -0.25) is 4.79 Å². The fraction of sp³-hybridized carbons (Fsp3) is 0.357. The zero-order valence-corrected chi connectivity index (χ0v) is 12.6. The molecule has 1 saturated heterocycles. The summed E-state index contributed by atoms with van der Waals surface area (Å²) >= 11 is 1.51. The van der Waals surface area contributed by atoms with Crippen molar-refractivity contribution in [3.05, 3.63) is 40.2 Å². The number of likely N-dealkylation sites (tertiary alicyclic amines) is 1. The Balaban J connectivity index is 1.62. The number of hydrogen-bond donors (Lipinski definition) is 0. The Bertz CT molecular complexity index is 709. The summed E-state index contributed by atoms with van der Waals surface area (Å²) in [5.74, 6) is -1.88. The molecule has 3 rings (SSSR count). The summed E-state index contributed by atoms with van der Waals surface area (Å²) in [5, 5.41) is 5.29. The normalized spacial score (nSPS) is 18.9. The first-order valence-electron chi connectivity index (χ1n) is 6.85. The third-order valence-corrected chi connectivity index (χ3v) is 4.32. The second kappa shape index (κ2) is 6.15. The highest BCUT2D eigenvalue weighted by molar-refractivity contribution is 7.10. The van der Waals surface area contributed by atoms with Crippen LogP contribution in [-0.4, -0.2) is 34.0 Å². The van der Waals surface area contributed by atoms with E-state index in [9.17, 15) is 18.0 Å². The minimum atomic E-state index is -4.65. The van der Waals surface area contributed by atoms with Gasteiger partial charge in [-0.15, -0.1) is 11.3 Å². The molecule has 1 aliphatic rings. The van der Waals surface area contributed by atoms with Crippen molar-refractivity contribution in [1.29, 1.82) is 0 Å². The molecule has 1 fully saturated rings. The average Bonchev–Trinajstić information content (AvgIpc) is 3.22. The van der Waals surface area contributed by atoms with Crippen LogP contribution >= 0.6 is 11.3 Å². The van der Waals surface area contributed by atoms with Crippen molar-refractivity contribution in [2.45, 2.75) is 18.5 Å². The lowest BCUT2D eigenvalue weighted by Crippen LogP contribution is -2.26. The van der Waals surface area contributed by atoms with E-state index in [2.05, 4.69) is 14.7 Å². The van der Waals surface area contributed by atoms with Gasteiger partial charge in [-0.2, -0.15) is 18.2 Å². The summed E-state index contributed by atoms with van der Waals surface area (Å²) in [7, 11) is 0. The van der Waals surface area contributed by atoms with Gasteiger partial charge in [0.25, 0.3) is 0 Å². The molecule has 3 heterocycles. The Labute approximate surface area is 133 Å². The standard InChI is InChI=1S/C14H12F3N3O2S/c15-14(16,17)13-18-12(19-22-13)9-5-6-20(8-9)11(21)4-3-10-2-1-7-23-10/h1-4,7,9H,5-6,8H2/b4-3-/t9-/m0/s1. The Morgan fingerprint density at radius 3 is 2.96 bits per heavy atom. The molecule has 0 N–H and O–H groups in total. The number of halogens is 3. The largest absolute Gasteiger partial charge is 0.471 e. The number of hydrogen-bond acceptors (Lipinski definition) is 5. The van der Waals surface area contributed by atoms with E-state index in [0.29, 0.717) is 13.0 Å². The minimum absolute atomic E-state index is 0.00476. The molecule has 0 bridgehead atoms. The number of aromatic nitrogens is 2. The first-order chi connectivity index (χ1) is 10.9. The Morgan fingerprint density at radius 1 is 1.48 bits per heavy atom. The summed E-state index contributed by atoms with van der Waals surface area (Å²) < 4.78 is 41.6. The van der Waals surface area contributed by atoms with E-state index >= 15 is 0 Å². The van der Waals surface area contributed by atoms with E-state index in [1.807, 2.05) is 17.5 Å². The molecule has 0 spiro atoms. The first kappa shape index (κ1) is 15.7. The summed E-state index contributed by atoms with van der Waals surface area (Å²) in [4.78, 5) is 18.0. The van der Waals surface area contributed by atoms with Gasteiger partial charge in [-0.1, -0.05) is 11.2 Å². The molecule has 9 heteroatoms. The monoisotopic (exact) mass is 343 g/mol. The van der Waals surface area contributed by atoms with E-state index in [1.165, 1.54) is 17.4 Å². The van der Waals surface area contributed by atoms with Gasteiger partial charge in [0.05, 0.1) is 0 Å². The highest BCUT2D eigenvalue weighted by Gasteiger charge is 2.40. The molecule has 0 aliphatic carbocycles. The molecule has 0 radical (unpaired) electrons. The molecule has 0 saturated carbocycles. The smallest absolute Gasteiger partial charge is 0.338 e. The number of rotatable bonds is 3. The molecule has 0 aromatic carbocycles. The number of alkyl halides is 3. The maximum Gasteiger partial charge on any atom is 0.471 e. The SMILES string of the molecule is O=C(/C=C\c1cccs1)N1CC[C@H](c2noc(C(F)(F)F)n2)C1. The molecule has 2 aromatic rings. The maximum absolute atomic E-state index is 12.5. The minimum Gasteiger partial charge on any atom is -0.338 e. The highest BCUT2D eigenvalue weighted by atomic mass is 32.1. The van der Waals surface area contributed by atoms with Crippen molar-refractivity contribution < 1.29 is 22.5 Å². The summed E-state index contributed by atoms with van der Waals surface area (Å²) in [5.41, 5.74) is 0. The fourth-order valence-corrected chi connectivity index (χ4v) is 2.95. The van der Waals surface area contributed by atoms with Crippen molar-refractivity contribution in [3.63, 3.8) is 0 Å². The average molecular weight is 343 g/mol. The van der Waals surface area contributed by atoms with Gasteiger partial charge in [0.1, 0.15) is 0 Å². The lowest BCUT2D eigenvalue weighted by Gasteiger charge is -2.12. The van der Waals surface area contributed by atoms with E-state index in [1.54, 1.807) is 11.0 Å². The third kappa shape index (κ3) is 3.61. The van der Waals surface area contributed by atoms with Crippen LogP contribution in [0.4, 0.5) is 13.2 Å². The van der Waals surface area contributed by atoms with Crippen LogP contribution in [-0.2, 0) is 11.0 Å². The van der Waals surface area contributed by atoms with Crippen molar-refractivity contribution >= 4 is 23.3 Å². The topological polar surface area (TPSA) is 59.2 Å². The fourth-order valence-electron chi connectivity index (χ4n) is 2.33. The van der Waals surface area contributed by atoms with E-state index in [0.717, 1.165) is 4.88 Å². The highest BCUT2D eigenvalue weighted by Crippen LogP contribution is 2.31. The molecular formula is C14H12F3N3O2S. The van der Waals surface area contributed by atoms with Crippen molar-refractivity contribution in [2.24, 2.45) is 0 Å². The van der Waals surface area contributed by atoms with Gasteiger partial charge < -0.3 is 9.42 Å². The van der Waals surface area contributed by atoms with Crippen LogP contribution in [0.5, 0.6) is 0 Å². The van der Waals surface area contributed by atoms with Gasteiger partial charge in [0.2, 0.25) is 5.91 Å². The zero-order chi connectivity index (χ0) is 16.4. The van der Waals surface area contributed by atoms with Gasteiger partial charge in [0, 0.05) is 30.0 Å². The molecule has 0 unspecified atom stereocenters. The van der Waals surface area contributed by atoms with Crippen molar-refractivity contribution in [2.75, 3.05) is 13.1 Å². The first-order valence-corrected chi connectivity index (χ1v) is 7.73. The van der Waals surface area contributed by atoms with Crippen LogP contribution in [0.3, 0.4) is 0 Å². The Hall–Kier alpha value is -2.16. The van der Waals surface area contributed by atoms with Gasteiger partial charge >= 0.3 is 12.1 Å². The number of amides is 1. The molecule has 122 valence electrons. The number of carbonyl (C=O) groups is 1. The zero-order valence-electron chi connectivity index (χ0n) is 11.8. The molecule has 2 aromatic heterocycles. The Kier molecular flexibility index (Phi) is 4.20. The molecule has 1 amide bonds. The predicted octanol–water partition coefficient (Wildman–Crippen LogP) is 3.18. The van der Waals surface area contributed by atoms with E-state index in [-0.39, 0.29) is 24.2 Å². The van der Waals surface area contributed by atoms with E-state index in [4.69, 9.17) is 0 Å². The van der Waals surface area contributed by atoms with Crippen LogP contribution in [0, 0.1) is 0 Å². The molecule has 1 aliphatic heterocycles. The number of thiophene rings is 1. The lowest BCUT2D eigenvalue weighted by atomic mass is 10.1. The molecule has 5 nitrogen and oxygen atoms in total. The number of nitrogens with zero attached hydrogens (tertiary/aromatic N) is 3. The van der Waals surface area contributed by atoms with Crippen LogP contribution in [0.25, 0.3) is 6.08 Å². The van der Waals surface area contributed by atoms with Crippen molar-refractivity contribution in [1.82, 2.24) is 15.0 Å². The molecule has 23 heavy (non-hydrogen) atoms. The second-order valence-electron chi connectivity index (χ2n) is 5.07. The third-order valence-electron chi connectivity index (χ3n) is 3.48. The van der Waals surface area contributed by atoms with Gasteiger partial charge in [-0.05, 0) is 23.9 Å². The van der Waals surface area contributed by atoms with Gasteiger partial charge in [0.15, 0.2) is 5.82 Å². The summed E-state index contributed by atoms with van der Waals surface area (Å²) in [6.45, 7) is 0.735. The predicted molar refractivity (Wildman–Crippen MR) is 76.6 cm³/mol. The molecular weight excluding hydrogens is 331 g/mol. The van der Waals surface area contributed by atoms with Gasteiger partial charge in [-0.25, -0.2) is 0 Å². The van der Waals surface area contributed by atoms with E-state index < -0.39 is 12.1 Å². The van der Waals surface area contributed by atoms with Crippen LogP contribution in [0.1, 0.15) is 28.9 Å². The summed E-state index contributed by atoms with van der Waals surface area (Å²) in [6, 6.07) is 3.77. The quantitative estimate of drug-likeness (QED) is 0.803. The summed E-state index contributed by atoms with van der Waals surface area (Å²) in [6.07, 6.45) is -0.958. The van der Waals surface area contributed by atoms with Crippen LogP contribution in [0.2, 0.25) is 0 Å². The maximum atomic E-state index is 12.5. The van der Waals surface area contributed by atoms with Crippen LogP contribution in [0.15, 0.2) is 28.1 Å². The van der Waals surface area contributed by atoms with Crippen LogP contribution < -0.4 is 0 Å². The second-order valence-corrected chi connectivity index (χ2v) is 6.05. The Morgan fingerprint density at radius 2 is 2.30 bits per heavy atom.